The normalized spacial score (nSPS) is 13.5. The minimum absolute atomic E-state index is 0.0302. The topological polar surface area (TPSA) is 102 Å². The van der Waals surface area contributed by atoms with Crippen molar-refractivity contribution in [3.63, 3.8) is 0 Å². The van der Waals surface area contributed by atoms with Crippen LogP contribution in [0.2, 0.25) is 5.02 Å². The highest BCUT2D eigenvalue weighted by atomic mass is 35.5. The van der Waals surface area contributed by atoms with Gasteiger partial charge in [-0.05, 0) is 36.4 Å². The van der Waals surface area contributed by atoms with Crippen LogP contribution < -0.4 is 20.9 Å². The Labute approximate surface area is 213 Å². The molecule has 3 aromatic rings. The SMILES string of the molecule is CCN1CCN(C(C)=O)c2cc(Nc3ncc(Cl)c(Nc4c(F)cccc4C(=O)NC)n3)ccc2C1. The molecule has 2 aromatic carbocycles. The fourth-order valence-electron chi connectivity index (χ4n) is 4.04. The molecule has 0 saturated heterocycles. The summed E-state index contributed by atoms with van der Waals surface area (Å²) in [7, 11) is 1.46. The van der Waals surface area contributed by atoms with Crippen molar-refractivity contribution >= 4 is 52.2 Å². The lowest BCUT2D eigenvalue weighted by atomic mass is 10.1. The fourth-order valence-corrected chi connectivity index (χ4v) is 4.18. The average molecular weight is 512 g/mol. The summed E-state index contributed by atoms with van der Waals surface area (Å²) in [5.41, 5.74) is 2.62. The first-order valence-electron chi connectivity index (χ1n) is 11.5. The number of para-hydroxylation sites is 1. The minimum atomic E-state index is -0.628. The van der Waals surface area contributed by atoms with Crippen molar-refractivity contribution in [3.8, 4) is 0 Å². The highest BCUT2D eigenvalue weighted by molar-refractivity contribution is 6.33. The van der Waals surface area contributed by atoms with E-state index in [0.29, 0.717) is 12.2 Å². The molecule has 0 aliphatic carbocycles. The second-order valence-electron chi connectivity index (χ2n) is 8.26. The number of nitrogens with one attached hydrogen (secondary N) is 3. The van der Waals surface area contributed by atoms with Gasteiger partial charge in [-0.3, -0.25) is 14.5 Å². The van der Waals surface area contributed by atoms with Crippen LogP contribution in [0, 0.1) is 5.82 Å². The van der Waals surface area contributed by atoms with Crippen LogP contribution >= 0.6 is 11.6 Å². The smallest absolute Gasteiger partial charge is 0.253 e. The van der Waals surface area contributed by atoms with Crippen molar-refractivity contribution in [2.45, 2.75) is 20.4 Å². The zero-order chi connectivity index (χ0) is 25.8. The maximum absolute atomic E-state index is 14.6. The number of nitrogens with zero attached hydrogens (tertiary/aromatic N) is 4. The van der Waals surface area contributed by atoms with E-state index in [1.165, 1.54) is 31.4 Å². The molecule has 36 heavy (non-hydrogen) atoms. The van der Waals surface area contributed by atoms with Crippen LogP contribution in [0.1, 0.15) is 29.8 Å². The first-order chi connectivity index (χ1) is 17.3. The number of hydrogen-bond acceptors (Lipinski definition) is 7. The number of carbonyl (C=O) groups excluding carboxylic acids is 2. The molecular weight excluding hydrogens is 485 g/mol. The molecule has 188 valence electrons. The van der Waals surface area contributed by atoms with Gasteiger partial charge >= 0.3 is 0 Å². The zero-order valence-corrected chi connectivity index (χ0v) is 21.0. The standard InChI is InChI=1S/C25H27ClFN7O2/c1-4-33-10-11-34(15(2)35)21-12-17(9-8-16(21)14-33)30-25-29-13-19(26)23(32-25)31-22-18(24(36)28-3)6-5-7-20(22)27/h5-9,12-13H,4,10-11,14H2,1-3H3,(H,28,36)(H2,29,30,31,32). The Morgan fingerprint density at radius 1 is 1.17 bits per heavy atom. The first-order valence-corrected chi connectivity index (χ1v) is 11.9. The van der Waals surface area contributed by atoms with E-state index in [9.17, 15) is 14.0 Å². The minimum Gasteiger partial charge on any atom is -0.355 e. The van der Waals surface area contributed by atoms with E-state index in [2.05, 4.69) is 37.7 Å². The van der Waals surface area contributed by atoms with Crippen LogP contribution in [0.4, 0.5) is 33.2 Å². The molecule has 1 aliphatic heterocycles. The maximum atomic E-state index is 14.6. The molecule has 2 amide bonds. The third-order valence-electron chi connectivity index (χ3n) is 5.97. The molecule has 0 saturated carbocycles. The Morgan fingerprint density at radius 3 is 2.69 bits per heavy atom. The van der Waals surface area contributed by atoms with Gasteiger partial charge in [-0.15, -0.1) is 0 Å². The number of aromatic nitrogens is 2. The van der Waals surface area contributed by atoms with Crippen molar-refractivity contribution < 1.29 is 14.0 Å². The van der Waals surface area contributed by atoms with Gasteiger partial charge in [0, 0.05) is 39.3 Å². The number of hydrogen-bond donors (Lipinski definition) is 3. The molecule has 0 bridgehead atoms. The van der Waals surface area contributed by atoms with Crippen molar-refractivity contribution in [2.75, 3.05) is 42.2 Å². The number of likely N-dealkylation sites (N-methyl/N-ethyl adjacent to an activating group) is 1. The van der Waals surface area contributed by atoms with Crippen molar-refractivity contribution in [3.05, 3.63) is 64.6 Å². The van der Waals surface area contributed by atoms with E-state index in [4.69, 9.17) is 11.6 Å². The molecule has 11 heteroatoms. The Kier molecular flexibility index (Phi) is 7.66. The van der Waals surface area contributed by atoms with Crippen LogP contribution in [-0.2, 0) is 11.3 Å². The van der Waals surface area contributed by atoms with E-state index in [1.807, 2.05) is 18.2 Å². The van der Waals surface area contributed by atoms with Crippen LogP contribution in [-0.4, -0.2) is 53.4 Å². The van der Waals surface area contributed by atoms with Crippen LogP contribution in [0.3, 0.4) is 0 Å². The molecule has 1 aliphatic rings. The van der Waals surface area contributed by atoms with Crippen LogP contribution in [0.25, 0.3) is 0 Å². The number of rotatable bonds is 6. The molecule has 3 N–H and O–H groups in total. The number of fused-ring (bicyclic) bond motifs is 1. The maximum Gasteiger partial charge on any atom is 0.253 e. The second kappa shape index (κ2) is 10.9. The molecule has 0 fully saturated rings. The van der Waals surface area contributed by atoms with E-state index < -0.39 is 11.7 Å². The second-order valence-corrected chi connectivity index (χ2v) is 8.67. The zero-order valence-electron chi connectivity index (χ0n) is 20.2. The first kappa shape index (κ1) is 25.3. The predicted molar refractivity (Wildman–Crippen MR) is 139 cm³/mol. The summed E-state index contributed by atoms with van der Waals surface area (Å²) >= 11 is 6.27. The van der Waals surface area contributed by atoms with Gasteiger partial charge in [0.05, 0.1) is 23.1 Å². The van der Waals surface area contributed by atoms with E-state index in [-0.39, 0.29) is 33.9 Å². The predicted octanol–water partition coefficient (Wildman–Crippen LogP) is 4.30. The van der Waals surface area contributed by atoms with Gasteiger partial charge in [0.2, 0.25) is 11.9 Å². The number of amides is 2. The summed E-state index contributed by atoms with van der Waals surface area (Å²) in [6.07, 6.45) is 1.38. The quantitative estimate of drug-likeness (QED) is 0.453. The van der Waals surface area contributed by atoms with Gasteiger partial charge in [-0.1, -0.05) is 30.7 Å². The van der Waals surface area contributed by atoms with Crippen molar-refractivity contribution in [2.24, 2.45) is 0 Å². The van der Waals surface area contributed by atoms with Gasteiger partial charge in [-0.2, -0.15) is 4.98 Å². The van der Waals surface area contributed by atoms with Crippen molar-refractivity contribution in [1.29, 1.82) is 0 Å². The van der Waals surface area contributed by atoms with E-state index >= 15 is 0 Å². The third kappa shape index (κ3) is 5.39. The Hall–Kier alpha value is -3.76. The fraction of sp³-hybridized carbons (Fsp3) is 0.280. The molecule has 0 spiro atoms. The summed E-state index contributed by atoms with van der Waals surface area (Å²) in [6, 6.07) is 9.94. The molecule has 9 nitrogen and oxygen atoms in total. The number of benzene rings is 2. The molecule has 0 unspecified atom stereocenters. The summed E-state index contributed by atoms with van der Waals surface area (Å²) in [5, 5.41) is 8.59. The lowest BCUT2D eigenvalue weighted by Crippen LogP contribution is -2.34. The molecular formula is C25H27ClFN7O2. The molecule has 0 radical (unpaired) electrons. The molecule has 4 rings (SSSR count). The average Bonchev–Trinajstić information content (AvgIpc) is 3.05. The molecule has 0 atom stereocenters. The summed E-state index contributed by atoms with van der Waals surface area (Å²) in [5.74, 6) is -0.781. The summed E-state index contributed by atoms with van der Waals surface area (Å²) < 4.78 is 14.6. The Morgan fingerprint density at radius 2 is 1.97 bits per heavy atom. The van der Waals surface area contributed by atoms with Gasteiger partial charge in [-0.25, -0.2) is 9.37 Å². The monoisotopic (exact) mass is 511 g/mol. The van der Waals surface area contributed by atoms with Gasteiger partial charge in [0.1, 0.15) is 10.8 Å². The molecule has 1 aromatic heterocycles. The van der Waals surface area contributed by atoms with Crippen molar-refractivity contribution in [1.82, 2.24) is 20.2 Å². The van der Waals surface area contributed by atoms with Gasteiger partial charge < -0.3 is 20.9 Å². The lowest BCUT2D eigenvalue weighted by Gasteiger charge is -2.22. The van der Waals surface area contributed by atoms with Gasteiger partial charge in [0.15, 0.2) is 5.82 Å². The highest BCUT2D eigenvalue weighted by Crippen LogP contribution is 2.31. The summed E-state index contributed by atoms with van der Waals surface area (Å²) in [4.78, 5) is 37.2. The van der Waals surface area contributed by atoms with E-state index in [1.54, 1.807) is 11.8 Å². The third-order valence-corrected chi connectivity index (χ3v) is 6.24. The van der Waals surface area contributed by atoms with Gasteiger partial charge in [0.25, 0.3) is 5.91 Å². The molecule has 2 heterocycles. The van der Waals surface area contributed by atoms with Crippen LogP contribution in [0.15, 0.2) is 42.6 Å². The van der Waals surface area contributed by atoms with Crippen LogP contribution in [0.5, 0.6) is 0 Å². The number of anilines is 5. The highest BCUT2D eigenvalue weighted by Gasteiger charge is 2.22. The number of carbonyl (C=O) groups is 2. The van der Waals surface area contributed by atoms with E-state index in [0.717, 1.165) is 30.9 Å². The summed E-state index contributed by atoms with van der Waals surface area (Å²) in [6.45, 7) is 6.68. The Bertz CT molecular complexity index is 1300. The lowest BCUT2D eigenvalue weighted by molar-refractivity contribution is -0.116. The largest absolute Gasteiger partial charge is 0.355 e. The number of halogens is 2. The Balaban J connectivity index is 1.63.